The number of unbranched alkanes of at least 4 members (excludes halogenated alkanes) is 1. The standard InChI is InChI=1S/C17H28O4/c1-3-4-10-15(11-6-9-14-7-5-8-14)21-17(20)13(2)12-16(18)19/h14-15H,2-12H2,1H3,(H,18,19). The summed E-state index contributed by atoms with van der Waals surface area (Å²) in [5.74, 6) is -0.733. The molecule has 4 nitrogen and oxygen atoms in total. The maximum absolute atomic E-state index is 11.8. The van der Waals surface area contributed by atoms with Gasteiger partial charge in [0, 0.05) is 5.57 Å². The second kappa shape index (κ2) is 9.59. The van der Waals surface area contributed by atoms with Gasteiger partial charge in [0.1, 0.15) is 6.10 Å². The average molecular weight is 296 g/mol. The lowest BCUT2D eigenvalue weighted by Gasteiger charge is -2.26. The van der Waals surface area contributed by atoms with Crippen molar-refractivity contribution in [2.45, 2.75) is 77.2 Å². The first-order valence-corrected chi connectivity index (χ1v) is 8.13. The quantitative estimate of drug-likeness (QED) is 0.461. The zero-order valence-corrected chi connectivity index (χ0v) is 13.1. The smallest absolute Gasteiger partial charge is 0.334 e. The van der Waals surface area contributed by atoms with Crippen LogP contribution in [0.4, 0.5) is 0 Å². The van der Waals surface area contributed by atoms with E-state index in [-0.39, 0.29) is 18.1 Å². The minimum absolute atomic E-state index is 0.0305. The normalized spacial score (nSPS) is 16.0. The van der Waals surface area contributed by atoms with E-state index in [1.54, 1.807) is 0 Å². The van der Waals surface area contributed by atoms with Gasteiger partial charge in [-0.25, -0.2) is 4.79 Å². The highest BCUT2D eigenvalue weighted by atomic mass is 16.5. The highest BCUT2D eigenvalue weighted by Crippen LogP contribution is 2.31. The lowest BCUT2D eigenvalue weighted by molar-refractivity contribution is -0.147. The Kier molecular flexibility index (Phi) is 8.09. The minimum Gasteiger partial charge on any atom is -0.481 e. The summed E-state index contributed by atoms with van der Waals surface area (Å²) in [6.07, 6.45) is 9.71. The maximum Gasteiger partial charge on any atom is 0.334 e. The molecule has 0 radical (unpaired) electrons. The summed E-state index contributed by atoms with van der Waals surface area (Å²) in [6.45, 7) is 5.61. The molecule has 1 rings (SSSR count). The van der Waals surface area contributed by atoms with Gasteiger partial charge in [0.25, 0.3) is 0 Å². The van der Waals surface area contributed by atoms with Gasteiger partial charge in [0.15, 0.2) is 0 Å². The molecule has 0 heterocycles. The molecule has 1 unspecified atom stereocenters. The van der Waals surface area contributed by atoms with Gasteiger partial charge in [-0.2, -0.15) is 0 Å². The summed E-state index contributed by atoms with van der Waals surface area (Å²) < 4.78 is 5.45. The van der Waals surface area contributed by atoms with Gasteiger partial charge in [0.05, 0.1) is 6.42 Å². The number of ether oxygens (including phenoxy) is 1. The van der Waals surface area contributed by atoms with E-state index in [4.69, 9.17) is 9.84 Å². The van der Waals surface area contributed by atoms with Gasteiger partial charge >= 0.3 is 11.9 Å². The minimum atomic E-state index is -1.05. The van der Waals surface area contributed by atoms with E-state index in [0.29, 0.717) is 0 Å². The lowest BCUT2D eigenvalue weighted by Crippen LogP contribution is -2.21. The van der Waals surface area contributed by atoms with Crippen LogP contribution in [0.25, 0.3) is 0 Å². The first-order chi connectivity index (χ1) is 10.0. The van der Waals surface area contributed by atoms with E-state index in [1.807, 2.05) is 0 Å². The predicted octanol–water partition coefficient (Wildman–Crippen LogP) is 4.09. The summed E-state index contributed by atoms with van der Waals surface area (Å²) in [4.78, 5) is 22.4. The Morgan fingerprint density at radius 3 is 2.48 bits per heavy atom. The summed E-state index contributed by atoms with van der Waals surface area (Å²) in [5, 5.41) is 8.68. The Morgan fingerprint density at radius 2 is 1.95 bits per heavy atom. The van der Waals surface area contributed by atoms with Crippen molar-refractivity contribution in [1.82, 2.24) is 0 Å². The number of carbonyl (C=O) groups excluding carboxylic acids is 1. The van der Waals surface area contributed by atoms with E-state index in [1.165, 1.54) is 25.7 Å². The molecule has 0 amide bonds. The molecule has 120 valence electrons. The van der Waals surface area contributed by atoms with E-state index < -0.39 is 11.9 Å². The molecular weight excluding hydrogens is 268 g/mol. The Morgan fingerprint density at radius 1 is 1.29 bits per heavy atom. The van der Waals surface area contributed by atoms with E-state index in [9.17, 15) is 9.59 Å². The number of hydrogen-bond acceptors (Lipinski definition) is 3. The van der Waals surface area contributed by atoms with E-state index in [0.717, 1.165) is 38.0 Å². The molecule has 0 spiro atoms. The largest absolute Gasteiger partial charge is 0.481 e. The first kappa shape index (κ1) is 17.7. The van der Waals surface area contributed by atoms with Crippen LogP contribution >= 0.6 is 0 Å². The van der Waals surface area contributed by atoms with Gasteiger partial charge in [-0.15, -0.1) is 0 Å². The molecule has 1 fully saturated rings. The molecule has 0 aromatic heterocycles. The molecule has 0 aromatic rings. The van der Waals surface area contributed by atoms with Crippen LogP contribution in [0.2, 0.25) is 0 Å². The summed E-state index contributed by atoms with van der Waals surface area (Å²) >= 11 is 0. The van der Waals surface area contributed by atoms with Crippen LogP contribution in [-0.2, 0) is 14.3 Å². The number of carboxylic acid groups (broad SMARTS) is 1. The lowest BCUT2D eigenvalue weighted by atomic mass is 9.81. The van der Waals surface area contributed by atoms with Crippen LogP contribution in [0.15, 0.2) is 12.2 Å². The fourth-order valence-corrected chi connectivity index (χ4v) is 2.60. The van der Waals surface area contributed by atoms with Gasteiger partial charge in [-0.05, 0) is 25.2 Å². The zero-order chi connectivity index (χ0) is 15.7. The van der Waals surface area contributed by atoms with Crippen molar-refractivity contribution in [3.8, 4) is 0 Å². The molecule has 1 saturated carbocycles. The van der Waals surface area contributed by atoms with Crippen molar-refractivity contribution in [2.75, 3.05) is 0 Å². The summed E-state index contributed by atoms with van der Waals surface area (Å²) in [5.41, 5.74) is 0.0305. The van der Waals surface area contributed by atoms with Gasteiger partial charge in [0.2, 0.25) is 0 Å². The molecule has 0 saturated heterocycles. The van der Waals surface area contributed by atoms with E-state index in [2.05, 4.69) is 13.5 Å². The van der Waals surface area contributed by atoms with Gasteiger partial charge < -0.3 is 9.84 Å². The van der Waals surface area contributed by atoms with Crippen LogP contribution < -0.4 is 0 Å². The topological polar surface area (TPSA) is 63.6 Å². The van der Waals surface area contributed by atoms with Gasteiger partial charge in [-0.3, -0.25) is 4.79 Å². The number of rotatable bonds is 11. The van der Waals surface area contributed by atoms with Crippen molar-refractivity contribution in [2.24, 2.45) is 5.92 Å². The van der Waals surface area contributed by atoms with Gasteiger partial charge in [-0.1, -0.05) is 52.0 Å². The SMILES string of the molecule is C=C(CC(=O)O)C(=O)OC(CCCC)CCCC1CCC1. The molecule has 1 N–H and O–H groups in total. The maximum atomic E-state index is 11.8. The van der Waals surface area contributed by atoms with Crippen LogP contribution in [0.5, 0.6) is 0 Å². The van der Waals surface area contributed by atoms with Crippen molar-refractivity contribution in [3.05, 3.63) is 12.2 Å². The third kappa shape index (κ3) is 7.30. The van der Waals surface area contributed by atoms with Crippen LogP contribution in [0.1, 0.15) is 71.1 Å². The highest BCUT2D eigenvalue weighted by Gasteiger charge is 2.20. The van der Waals surface area contributed by atoms with Crippen molar-refractivity contribution >= 4 is 11.9 Å². The highest BCUT2D eigenvalue weighted by molar-refractivity contribution is 5.92. The second-order valence-corrected chi connectivity index (χ2v) is 6.07. The van der Waals surface area contributed by atoms with Crippen molar-refractivity contribution in [3.63, 3.8) is 0 Å². The van der Waals surface area contributed by atoms with Crippen molar-refractivity contribution in [1.29, 1.82) is 0 Å². The fourth-order valence-electron chi connectivity index (χ4n) is 2.60. The molecule has 0 bridgehead atoms. The molecular formula is C17H28O4. The number of aliphatic carboxylic acids is 1. The number of hydrogen-bond donors (Lipinski definition) is 1. The zero-order valence-electron chi connectivity index (χ0n) is 13.1. The molecule has 0 aliphatic heterocycles. The molecule has 1 aliphatic rings. The molecule has 0 aromatic carbocycles. The Labute approximate surface area is 127 Å². The third-order valence-electron chi connectivity index (χ3n) is 4.17. The summed E-state index contributed by atoms with van der Waals surface area (Å²) in [7, 11) is 0. The molecule has 1 atom stereocenters. The fraction of sp³-hybridized carbons (Fsp3) is 0.765. The van der Waals surface area contributed by atoms with Crippen molar-refractivity contribution < 1.29 is 19.4 Å². The molecule has 1 aliphatic carbocycles. The first-order valence-electron chi connectivity index (χ1n) is 8.13. The van der Waals surface area contributed by atoms with E-state index >= 15 is 0 Å². The molecule has 4 heteroatoms. The summed E-state index contributed by atoms with van der Waals surface area (Å²) in [6, 6.07) is 0. The Balaban J connectivity index is 2.34. The van der Waals surface area contributed by atoms with Crippen LogP contribution in [0.3, 0.4) is 0 Å². The average Bonchev–Trinajstić information content (AvgIpc) is 2.37. The Hall–Kier alpha value is -1.32. The second-order valence-electron chi connectivity index (χ2n) is 6.07. The predicted molar refractivity (Wildman–Crippen MR) is 82.0 cm³/mol. The third-order valence-corrected chi connectivity index (χ3v) is 4.17. The Bertz CT molecular complexity index is 358. The van der Waals surface area contributed by atoms with Crippen LogP contribution in [0, 0.1) is 5.92 Å². The number of carboxylic acids is 1. The number of carbonyl (C=O) groups is 2. The molecule has 21 heavy (non-hydrogen) atoms. The monoisotopic (exact) mass is 296 g/mol. The van der Waals surface area contributed by atoms with Crippen LogP contribution in [-0.4, -0.2) is 23.1 Å². The number of esters is 1.